The number of hydrogen-bond acceptors (Lipinski definition) is 6. The van der Waals surface area contributed by atoms with E-state index in [1.807, 2.05) is 4.90 Å². The zero-order chi connectivity index (χ0) is 22.9. The van der Waals surface area contributed by atoms with Crippen molar-refractivity contribution >= 4 is 37.6 Å². The number of nitrogens with zero attached hydrogens (tertiary/aromatic N) is 2. The minimum Gasteiger partial charge on any atom is -0.472 e. The molecule has 2 aliphatic heterocycles. The molecular weight excluding hydrogens is 553 g/mol. The standard InChI is InChI=1S/C19H19Br2F3N2O5/c1-10(27)6-12(25-2-4-30-5-3-25)9-13-14-7-11(20)8-15(21)17(14)31-18(19(22,23)24)16(13)26(28)29/h6-8,13,16,18H,2-5,9H2,1H3/b12-6+/t13-,16+,18-/m1/s1. The average molecular weight is 572 g/mol. The molecule has 1 aromatic rings. The summed E-state index contributed by atoms with van der Waals surface area (Å²) in [6.07, 6.45) is -6.38. The number of alkyl halides is 3. The fourth-order valence-corrected chi connectivity index (χ4v) is 5.26. The van der Waals surface area contributed by atoms with Crippen LogP contribution in [0, 0.1) is 10.1 Å². The van der Waals surface area contributed by atoms with E-state index in [2.05, 4.69) is 31.9 Å². The highest BCUT2D eigenvalue weighted by molar-refractivity contribution is 9.11. The third-order valence-corrected chi connectivity index (χ3v) is 6.23. The Kier molecular flexibility index (Phi) is 7.32. The summed E-state index contributed by atoms with van der Waals surface area (Å²) in [5.74, 6) is -1.56. The number of allylic oxidation sites excluding steroid dienone is 2. The maximum atomic E-state index is 13.8. The lowest BCUT2D eigenvalue weighted by Gasteiger charge is -2.38. The number of morpholine rings is 1. The number of nitro groups is 1. The number of fused-ring (bicyclic) bond motifs is 1. The molecule has 1 saturated heterocycles. The van der Waals surface area contributed by atoms with Crippen molar-refractivity contribution in [3.05, 3.63) is 48.5 Å². The molecule has 0 bridgehead atoms. The van der Waals surface area contributed by atoms with Gasteiger partial charge in [0.1, 0.15) is 5.75 Å². The number of halogens is 5. The number of rotatable bonds is 5. The summed E-state index contributed by atoms with van der Waals surface area (Å²) in [6, 6.07) is 0.966. The van der Waals surface area contributed by atoms with Crippen LogP contribution in [0.3, 0.4) is 0 Å². The second kappa shape index (κ2) is 9.45. The van der Waals surface area contributed by atoms with E-state index in [4.69, 9.17) is 9.47 Å². The first-order valence-electron chi connectivity index (χ1n) is 9.38. The van der Waals surface area contributed by atoms with Gasteiger partial charge in [0, 0.05) is 40.2 Å². The first-order chi connectivity index (χ1) is 14.5. The summed E-state index contributed by atoms with van der Waals surface area (Å²) < 4.78 is 52.6. The fraction of sp³-hybridized carbons (Fsp3) is 0.526. The molecule has 31 heavy (non-hydrogen) atoms. The number of benzene rings is 1. The van der Waals surface area contributed by atoms with Gasteiger partial charge < -0.3 is 14.4 Å². The number of carbonyl (C=O) groups excluding carboxylic acids is 1. The maximum absolute atomic E-state index is 13.8. The van der Waals surface area contributed by atoms with Gasteiger partial charge >= 0.3 is 6.18 Å². The molecule has 1 aromatic carbocycles. The quantitative estimate of drug-likeness (QED) is 0.295. The minimum absolute atomic E-state index is 0.0854. The zero-order valence-corrected chi connectivity index (χ0v) is 19.5. The van der Waals surface area contributed by atoms with Crippen molar-refractivity contribution in [3.8, 4) is 5.75 Å². The molecule has 0 amide bonds. The van der Waals surface area contributed by atoms with Gasteiger partial charge in [-0.3, -0.25) is 14.9 Å². The van der Waals surface area contributed by atoms with Gasteiger partial charge in [-0.1, -0.05) is 15.9 Å². The first-order valence-corrected chi connectivity index (χ1v) is 11.0. The van der Waals surface area contributed by atoms with Gasteiger partial charge in [0.2, 0.25) is 0 Å². The molecule has 0 aliphatic carbocycles. The molecule has 0 N–H and O–H groups in total. The zero-order valence-electron chi connectivity index (χ0n) is 16.3. The van der Waals surface area contributed by atoms with Gasteiger partial charge in [-0.25, -0.2) is 0 Å². The molecule has 3 rings (SSSR count). The Bertz CT molecular complexity index is 903. The molecule has 170 valence electrons. The van der Waals surface area contributed by atoms with E-state index in [9.17, 15) is 28.1 Å². The Morgan fingerprint density at radius 3 is 2.52 bits per heavy atom. The summed E-state index contributed by atoms with van der Waals surface area (Å²) in [4.78, 5) is 24.6. The maximum Gasteiger partial charge on any atom is 0.432 e. The summed E-state index contributed by atoms with van der Waals surface area (Å²) in [7, 11) is 0. The van der Waals surface area contributed by atoms with Gasteiger partial charge in [0.05, 0.1) is 23.6 Å². The third-order valence-electron chi connectivity index (χ3n) is 5.19. The number of ketones is 1. The van der Waals surface area contributed by atoms with E-state index in [1.165, 1.54) is 25.1 Å². The van der Waals surface area contributed by atoms with Crippen molar-refractivity contribution in [2.45, 2.75) is 37.6 Å². The van der Waals surface area contributed by atoms with Crippen molar-refractivity contribution in [1.82, 2.24) is 4.90 Å². The summed E-state index contributed by atoms with van der Waals surface area (Å²) in [6.45, 7) is 2.97. The smallest absolute Gasteiger partial charge is 0.432 e. The molecule has 0 aromatic heterocycles. The van der Waals surface area contributed by atoms with E-state index in [1.54, 1.807) is 0 Å². The lowest BCUT2D eigenvalue weighted by atomic mass is 9.81. The highest BCUT2D eigenvalue weighted by Gasteiger charge is 2.59. The van der Waals surface area contributed by atoms with Gasteiger partial charge in [-0.05, 0) is 41.1 Å². The molecule has 7 nitrogen and oxygen atoms in total. The lowest BCUT2D eigenvalue weighted by Crippen LogP contribution is -2.54. The van der Waals surface area contributed by atoms with E-state index in [0.717, 1.165) is 0 Å². The van der Waals surface area contributed by atoms with Crippen LogP contribution < -0.4 is 4.74 Å². The summed E-state index contributed by atoms with van der Waals surface area (Å²) in [5, 5.41) is 11.9. The summed E-state index contributed by atoms with van der Waals surface area (Å²) >= 11 is 6.50. The molecular formula is C19H19Br2F3N2O5. The Hall–Kier alpha value is -1.66. The molecule has 12 heteroatoms. The van der Waals surface area contributed by atoms with Crippen molar-refractivity contribution in [1.29, 1.82) is 0 Å². The highest BCUT2D eigenvalue weighted by Crippen LogP contribution is 2.49. The van der Waals surface area contributed by atoms with E-state index < -0.39 is 29.2 Å². The second-order valence-electron chi connectivity index (χ2n) is 7.32. The van der Waals surface area contributed by atoms with Crippen LogP contribution in [0.1, 0.15) is 24.8 Å². The van der Waals surface area contributed by atoms with Crippen LogP contribution in [0.25, 0.3) is 0 Å². The molecule has 0 spiro atoms. The Labute approximate surface area is 193 Å². The second-order valence-corrected chi connectivity index (χ2v) is 9.09. The Balaban J connectivity index is 2.13. The highest BCUT2D eigenvalue weighted by atomic mass is 79.9. The SMILES string of the molecule is CC(=O)/C=C(\C[C@@H]1c2cc(Br)cc(Br)c2O[C@@H](C(F)(F)F)[C@H]1[N+](=O)[O-])N1CCOCC1. The fourth-order valence-electron chi connectivity index (χ4n) is 3.91. The van der Waals surface area contributed by atoms with Crippen LogP contribution in [0.5, 0.6) is 5.75 Å². The van der Waals surface area contributed by atoms with Gasteiger partial charge in [0.25, 0.3) is 12.1 Å². The van der Waals surface area contributed by atoms with Gasteiger partial charge in [-0.15, -0.1) is 0 Å². The molecule has 0 saturated carbocycles. The van der Waals surface area contributed by atoms with Crippen molar-refractivity contribution in [2.75, 3.05) is 26.3 Å². The largest absolute Gasteiger partial charge is 0.472 e. The van der Waals surface area contributed by atoms with Crippen LogP contribution in [-0.4, -0.2) is 60.2 Å². The number of hydrogen-bond donors (Lipinski definition) is 0. The van der Waals surface area contributed by atoms with E-state index in [0.29, 0.717) is 36.5 Å². The predicted octanol–water partition coefficient (Wildman–Crippen LogP) is 4.46. The van der Waals surface area contributed by atoms with Crippen molar-refractivity contribution in [3.63, 3.8) is 0 Å². The van der Waals surface area contributed by atoms with E-state index >= 15 is 0 Å². The van der Waals surface area contributed by atoms with Crippen LogP contribution in [0.15, 0.2) is 32.9 Å². The van der Waals surface area contributed by atoms with Crippen LogP contribution >= 0.6 is 31.9 Å². The number of ether oxygens (including phenoxy) is 2. The normalized spacial score (nSPS) is 24.4. The molecule has 3 atom stereocenters. The lowest BCUT2D eigenvalue weighted by molar-refractivity contribution is -0.548. The van der Waals surface area contributed by atoms with Crippen LogP contribution in [-0.2, 0) is 9.53 Å². The monoisotopic (exact) mass is 570 g/mol. The third kappa shape index (κ3) is 5.40. The van der Waals surface area contributed by atoms with Gasteiger partial charge in [-0.2, -0.15) is 13.2 Å². The topological polar surface area (TPSA) is 81.9 Å². The molecule has 1 fully saturated rings. The van der Waals surface area contributed by atoms with Crippen LogP contribution in [0.4, 0.5) is 13.2 Å². The number of carbonyl (C=O) groups is 1. The first kappa shape index (κ1) is 24.0. The van der Waals surface area contributed by atoms with Crippen molar-refractivity contribution in [2.24, 2.45) is 0 Å². The predicted molar refractivity (Wildman–Crippen MR) is 112 cm³/mol. The minimum atomic E-state index is -4.95. The van der Waals surface area contributed by atoms with Crippen LogP contribution in [0.2, 0.25) is 0 Å². The Morgan fingerprint density at radius 1 is 1.32 bits per heavy atom. The molecule has 2 aliphatic rings. The Morgan fingerprint density at radius 2 is 1.97 bits per heavy atom. The summed E-state index contributed by atoms with van der Waals surface area (Å²) in [5.41, 5.74) is 0.712. The molecule has 2 heterocycles. The molecule has 0 unspecified atom stereocenters. The molecule has 0 radical (unpaired) electrons. The van der Waals surface area contributed by atoms with Gasteiger partial charge in [0.15, 0.2) is 5.78 Å². The van der Waals surface area contributed by atoms with Crippen molar-refractivity contribution < 1.29 is 32.4 Å². The van der Waals surface area contributed by atoms with E-state index in [-0.39, 0.29) is 28.0 Å². The average Bonchev–Trinajstić information content (AvgIpc) is 2.66.